The summed E-state index contributed by atoms with van der Waals surface area (Å²) in [5.74, 6) is -1.68. The van der Waals surface area contributed by atoms with Crippen LogP contribution in [0, 0.1) is 40.4 Å². The largest absolute Gasteiger partial charge is 0.496 e. The van der Waals surface area contributed by atoms with Crippen molar-refractivity contribution >= 4 is 98.9 Å². The summed E-state index contributed by atoms with van der Waals surface area (Å²) in [5.41, 5.74) is 17.4. The number of carboxylic acids is 2. The molecule has 2 spiro atoms. The van der Waals surface area contributed by atoms with Gasteiger partial charge in [0.1, 0.15) is 47.5 Å². The van der Waals surface area contributed by atoms with Gasteiger partial charge < -0.3 is 76.6 Å². The number of para-hydroxylation sites is 1. The van der Waals surface area contributed by atoms with Crippen LogP contribution in [-0.4, -0.2) is 197 Å². The molecule has 12 rings (SSSR count). The zero-order chi connectivity index (χ0) is 84.1. The van der Waals surface area contributed by atoms with Gasteiger partial charge in [0, 0.05) is 71.6 Å². The number of aromatic amines is 1. The number of hydrazine groups is 1. The fourth-order valence-electron chi connectivity index (χ4n) is 23.1. The van der Waals surface area contributed by atoms with E-state index in [4.69, 9.17) is 31.5 Å². The maximum Gasteiger partial charge on any atom is 0.323 e. The van der Waals surface area contributed by atoms with Crippen molar-refractivity contribution in [2.45, 2.75) is 241 Å². The van der Waals surface area contributed by atoms with Gasteiger partial charge in [-0.25, -0.2) is 10.3 Å². The number of guanidine groups is 1. The van der Waals surface area contributed by atoms with Crippen LogP contribution in [-0.2, 0) is 69.9 Å². The molecule has 4 aliphatic heterocycles. The molecule has 2 saturated heterocycles. The first-order valence-electron chi connectivity index (χ1n) is 41.7. The topological polar surface area (TPSA) is 415 Å². The van der Waals surface area contributed by atoms with Gasteiger partial charge >= 0.3 is 17.9 Å². The van der Waals surface area contributed by atoms with Crippen molar-refractivity contribution in [3.63, 3.8) is 0 Å². The third-order valence-corrected chi connectivity index (χ3v) is 30.7. The molecule has 3 aromatic carbocycles. The summed E-state index contributed by atoms with van der Waals surface area (Å²) < 4.78 is 21.6. The minimum Gasteiger partial charge on any atom is -0.496 e. The lowest BCUT2D eigenvalue weighted by Crippen LogP contribution is -2.73. The van der Waals surface area contributed by atoms with E-state index in [0.29, 0.717) is 37.1 Å². The zero-order valence-electron chi connectivity index (χ0n) is 69.5. The van der Waals surface area contributed by atoms with Gasteiger partial charge in [0.05, 0.1) is 92.3 Å². The van der Waals surface area contributed by atoms with Crippen LogP contribution in [0.5, 0.6) is 5.75 Å². The molecule has 5 heterocycles. The van der Waals surface area contributed by atoms with Gasteiger partial charge in [0.25, 0.3) is 0 Å². The summed E-state index contributed by atoms with van der Waals surface area (Å²) >= 11 is 1.23. The zero-order valence-corrected chi connectivity index (χ0v) is 70.3. The monoisotopic (exact) mass is 1620 g/mol. The Hall–Kier alpha value is -9.03. The molecule has 1 aromatic heterocycles. The number of likely N-dealkylation sites (N-methyl/N-ethyl adjacent to an activating group) is 2. The summed E-state index contributed by atoms with van der Waals surface area (Å²) in [7, 11) is 8.05. The summed E-state index contributed by atoms with van der Waals surface area (Å²) in [5, 5.41) is 41.4. The molecule has 116 heavy (non-hydrogen) atoms. The molecule has 19 atom stereocenters. The Bertz CT molecular complexity index is 4540. The number of H-pyrrole nitrogens is 1. The quantitative estimate of drug-likeness (QED) is 0.00197. The second-order valence-electron chi connectivity index (χ2n) is 34.6. The van der Waals surface area contributed by atoms with Crippen molar-refractivity contribution in [3.8, 4) is 5.75 Å². The van der Waals surface area contributed by atoms with Crippen molar-refractivity contribution < 1.29 is 77.2 Å². The highest BCUT2D eigenvalue weighted by Crippen LogP contribution is 2.82. The molecule has 6 amide bonds. The van der Waals surface area contributed by atoms with Gasteiger partial charge in [-0.2, -0.15) is 0 Å². The Labute approximate surface area is 684 Å². The van der Waals surface area contributed by atoms with E-state index in [-0.39, 0.29) is 90.8 Å². The molecule has 0 bridgehead atoms. The van der Waals surface area contributed by atoms with Crippen molar-refractivity contribution in [2.24, 2.45) is 62.7 Å². The predicted molar refractivity (Wildman–Crippen MR) is 444 cm³/mol. The first-order valence-corrected chi connectivity index (χ1v) is 42.8. The maximum absolute atomic E-state index is 16.4. The number of thioether (sulfide) groups is 1. The second kappa shape index (κ2) is 33.8. The van der Waals surface area contributed by atoms with Crippen LogP contribution in [0.4, 0.5) is 11.4 Å². The highest BCUT2D eigenvalue weighted by Gasteiger charge is 2.92. The molecule has 15 N–H and O–H groups in total. The number of anilines is 2. The van der Waals surface area contributed by atoms with E-state index in [1.54, 1.807) is 40.2 Å². The number of aromatic nitrogens is 1. The lowest BCUT2D eigenvalue weighted by atomic mass is 9.49. The standard InChI is InChI=1S/C87H121N13O15S/c1-14-54(92-73(105)60(15-2)94-75(107)63(43-67(101)102)96-74(106)62(27-22-39-91-81(88)89)95-76(108)64(97-90)44-68(103)104)47-116-70-49(7)77(109)99(78(70)110)55-33-28-51(29-34-55)48(6)46-115-72-69-50(8)87(69)85(38-41-100(11)40-23-37-84(72,18-5)79(85)100)58-42-59(66(113-12)45-65(58)98(87)10)86(80(111)114-13)71-57(56-25-19-20-26-61(56)93-71)35-32-53-31-30-52(82(53,86)9)24-21-36-83(112,16-3)17-4/h19-20,23,25-26,28-29,33-34,37,42,45-46,49-50,52-54,60,62-64,69-70,72,79,93,97,112H,14-18,21-22,24,27,30-32,35-36,38-41,43-44,47,90H2,1-13H3,(H9-,88,89,91,92,94,95,96,101,102,103,104,105,106,107,108)/p+1. The van der Waals surface area contributed by atoms with Gasteiger partial charge in [0.15, 0.2) is 5.96 Å². The smallest absolute Gasteiger partial charge is 0.323 e. The summed E-state index contributed by atoms with van der Waals surface area (Å²) in [6.07, 6.45) is 14.5. The van der Waals surface area contributed by atoms with E-state index >= 15 is 4.79 Å². The average molecular weight is 1620 g/mol. The molecule has 8 aliphatic rings. The highest BCUT2D eigenvalue weighted by atomic mass is 32.2. The van der Waals surface area contributed by atoms with Crippen LogP contribution in [0.3, 0.4) is 0 Å². The third-order valence-electron chi connectivity index (χ3n) is 29.1. The van der Waals surface area contributed by atoms with E-state index in [0.717, 1.165) is 113 Å². The number of benzene rings is 3. The van der Waals surface area contributed by atoms with E-state index in [1.807, 2.05) is 32.2 Å². The van der Waals surface area contributed by atoms with Gasteiger partial charge in [0.2, 0.25) is 35.4 Å². The number of methoxy groups -OCH3 is 2. The van der Waals surface area contributed by atoms with Crippen LogP contribution < -0.4 is 58.5 Å². The Morgan fingerprint density at radius 2 is 1.50 bits per heavy atom. The number of allylic oxidation sites excluding steroid dienone is 1. The predicted octanol–water partition coefficient (Wildman–Crippen LogP) is 7.88. The molecule has 28 nitrogen and oxygen atoms in total. The fraction of sp³-hybridized carbons (Fsp3) is 0.609. The third kappa shape index (κ3) is 14.3. The number of aliphatic imine (C=N–C) groups is 1. The van der Waals surface area contributed by atoms with Crippen LogP contribution in [0.15, 0.2) is 84.1 Å². The van der Waals surface area contributed by atoms with Crippen molar-refractivity contribution in [3.05, 3.63) is 107 Å². The van der Waals surface area contributed by atoms with Gasteiger partial charge in [-0.05, 0) is 166 Å². The Balaban J connectivity index is 0.769. The Kier molecular flexibility index (Phi) is 25.1. The number of nitrogens with zero attached hydrogens (tertiary/aromatic N) is 4. The number of rotatable bonds is 36. The number of nitrogens with two attached hydrogens (primary N) is 3. The number of aliphatic hydroxyl groups is 1. The first-order chi connectivity index (χ1) is 55.2. The number of carboxylic acid groups (broad SMARTS) is 2. The van der Waals surface area contributed by atoms with Crippen molar-refractivity contribution in [2.75, 3.05) is 63.5 Å². The Morgan fingerprint density at radius 3 is 2.15 bits per heavy atom. The summed E-state index contributed by atoms with van der Waals surface area (Å²) in [6, 6.07) is 14.2. The van der Waals surface area contributed by atoms with Crippen LogP contribution in [0.25, 0.3) is 16.5 Å². The molecule has 4 aromatic rings. The number of quaternary nitrogens is 1. The first kappa shape index (κ1) is 86.3. The number of fused-ring (bicyclic) bond motifs is 5. The molecule has 19 unspecified atom stereocenters. The van der Waals surface area contributed by atoms with Crippen molar-refractivity contribution in [1.82, 2.24) is 31.7 Å². The molecular formula is C87H122N13O15S+. The number of carbonyl (C=O) groups excluding carboxylic acids is 7. The minimum absolute atomic E-state index is 0.0180. The maximum atomic E-state index is 16.4. The number of esters is 1. The minimum atomic E-state index is -1.75. The number of imide groups is 1. The van der Waals surface area contributed by atoms with Crippen LogP contribution >= 0.6 is 11.8 Å². The van der Waals surface area contributed by atoms with E-state index in [9.17, 15) is 53.7 Å². The molecule has 3 saturated carbocycles. The highest BCUT2D eigenvalue weighted by molar-refractivity contribution is 8.00. The Morgan fingerprint density at radius 1 is 0.836 bits per heavy atom. The number of aryl methyl sites for hydroxylation is 1. The lowest BCUT2D eigenvalue weighted by Gasteiger charge is -2.60. The average Bonchev–Trinajstić information content (AvgIpc) is 1.43. The molecule has 4 aliphatic carbocycles. The number of nitrogens with one attached hydrogen (secondary N) is 6. The lowest BCUT2D eigenvalue weighted by molar-refractivity contribution is -0.928. The van der Waals surface area contributed by atoms with Gasteiger partial charge in [-0.1, -0.05) is 98.2 Å². The number of hydrogen-bond acceptors (Lipinski definition) is 18. The molecule has 29 heteroatoms. The van der Waals surface area contributed by atoms with E-state index < -0.39 is 123 Å². The molecular weight excluding hydrogens is 1500 g/mol. The van der Waals surface area contributed by atoms with Gasteiger partial charge in [-0.3, -0.25) is 54.0 Å². The molecule has 5 fully saturated rings. The van der Waals surface area contributed by atoms with Crippen LogP contribution in [0.2, 0.25) is 0 Å². The SMILES string of the molecule is CCC(CSC1C(=O)N(c2ccc(C(C)=COC3C4C(C)C45N(C)c4cc(OC)c(C6(C(=O)OC)c7[nH]c8ccccc8c7CCC7CCC(CCCC(O)(CC)CC)C76C)cc4C54CC[N+]5(C)CC=CC3(CC)C45)cc2)C(=O)C1C)NC(=O)C(CC)NC(=O)C(CC(=O)O)NC(=O)C(CCCN=C(N)N)NC(=O)C(CC(=O)O)NN. The summed E-state index contributed by atoms with van der Waals surface area (Å²) in [6.45, 7) is 20.3. The van der Waals surface area contributed by atoms with E-state index in [1.165, 1.54) is 22.2 Å². The molecule has 630 valence electrons. The number of aliphatic carboxylic acids is 2. The summed E-state index contributed by atoms with van der Waals surface area (Å²) in [4.78, 5) is 135. The normalized spacial score (nSPS) is 29.9. The fourth-order valence-corrected chi connectivity index (χ4v) is 24.5. The second-order valence-corrected chi connectivity index (χ2v) is 35.7. The number of amides is 6. The number of hydrogen-bond donors (Lipinski definition) is 12. The van der Waals surface area contributed by atoms with E-state index in [2.05, 4.69) is 139 Å². The van der Waals surface area contributed by atoms with Gasteiger partial charge in [-0.15, -0.1) is 11.8 Å². The molecule has 0 radical (unpaired) electrons. The van der Waals surface area contributed by atoms with Crippen molar-refractivity contribution in [1.29, 1.82) is 0 Å². The number of carbonyl (C=O) groups is 9. The number of ether oxygens (including phenoxy) is 3. The van der Waals surface area contributed by atoms with Crippen LogP contribution in [0.1, 0.15) is 193 Å².